The van der Waals surface area contributed by atoms with Crippen molar-refractivity contribution in [3.8, 4) is 5.75 Å². The molecule has 120 valence electrons. The maximum atomic E-state index is 12.0. The fourth-order valence-corrected chi connectivity index (χ4v) is 2.09. The van der Waals surface area contributed by atoms with Crippen LogP contribution in [0.2, 0.25) is 0 Å². The number of rotatable bonds is 5. The van der Waals surface area contributed by atoms with E-state index in [4.69, 9.17) is 4.74 Å². The van der Waals surface area contributed by atoms with Crippen molar-refractivity contribution < 1.29 is 14.3 Å². The molecule has 0 saturated heterocycles. The molecule has 2 aromatic carbocycles. The Kier molecular flexibility index (Phi) is 5.36. The molecule has 2 rings (SSSR count). The predicted molar refractivity (Wildman–Crippen MR) is 89.9 cm³/mol. The second-order valence-electron chi connectivity index (χ2n) is 5.27. The zero-order valence-corrected chi connectivity index (χ0v) is 13.5. The second-order valence-corrected chi connectivity index (χ2v) is 5.27. The Morgan fingerprint density at radius 3 is 2.61 bits per heavy atom. The molecule has 0 aromatic heterocycles. The van der Waals surface area contributed by atoms with E-state index in [0.29, 0.717) is 17.0 Å². The SMILES string of the molecule is CNC(=O)c1cccc(NC(=O)COc2cc(C)ccc2C)c1. The Hall–Kier alpha value is -2.82. The van der Waals surface area contributed by atoms with Crippen LogP contribution in [0.5, 0.6) is 5.75 Å². The molecule has 0 fully saturated rings. The number of ether oxygens (including phenoxy) is 1. The first-order chi connectivity index (χ1) is 11.0. The lowest BCUT2D eigenvalue weighted by Crippen LogP contribution is -2.21. The summed E-state index contributed by atoms with van der Waals surface area (Å²) in [6, 6.07) is 12.6. The monoisotopic (exact) mass is 312 g/mol. The summed E-state index contributed by atoms with van der Waals surface area (Å²) in [5, 5.41) is 5.27. The van der Waals surface area contributed by atoms with Gasteiger partial charge in [0.05, 0.1) is 0 Å². The van der Waals surface area contributed by atoms with Crippen molar-refractivity contribution in [3.05, 3.63) is 59.2 Å². The highest BCUT2D eigenvalue weighted by molar-refractivity contribution is 5.97. The fourth-order valence-electron chi connectivity index (χ4n) is 2.09. The summed E-state index contributed by atoms with van der Waals surface area (Å²) in [7, 11) is 1.56. The molecular weight excluding hydrogens is 292 g/mol. The summed E-state index contributed by atoms with van der Waals surface area (Å²) in [6.07, 6.45) is 0. The zero-order chi connectivity index (χ0) is 16.8. The van der Waals surface area contributed by atoms with Crippen molar-refractivity contribution in [1.82, 2.24) is 5.32 Å². The third kappa shape index (κ3) is 4.57. The molecule has 0 atom stereocenters. The molecule has 0 aliphatic carbocycles. The number of hydrogen-bond acceptors (Lipinski definition) is 3. The number of anilines is 1. The van der Waals surface area contributed by atoms with Gasteiger partial charge in [-0.3, -0.25) is 9.59 Å². The number of hydrogen-bond donors (Lipinski definition) is 2. The first-order valence-electron chi connectivity index (χ1n) is 7.31. The lowest BCUT2D eigenvalue weighted by Gasteiger charge is -2.11. The van der Waals surface area contributed by atoms with E-state index in [1.807, 2.05) is 32.0 Å². The molecule has 0 saturated carbocycles. The minimum Gasteiger partial charge on any atom is -0.483 e. The first-order valence-corrected chi connectivity index (χ1v) is 7.31. The molecule has 0 aliphatic heterocycles. The lowest BCUT2D eigenvalue weighted by atomic mass is 10.1. The summed E-state index contributed by atoms with van der Waals surface area (Å²) in [5.41, 5.74) is 3.09. The normalized spacial score (nSPS) is 10.0. The molecule has 2 N–H and O–H groups in total. The Labute approximate surface area is 135 Å². The van der Waals surface area contributed by atoms with Crippen molar-refractivity contribution in [3.63, 3.8) is 0 Å². The quantitative estimate of drug-likeness (QED) is 0.892. The fraction of sp³-hybridized carbons (Fsp3) is 0.222. The third-order valence-electron chi connectivity index (χ3n) is 3.34. The van der Waals surface area contributed by atoms with Crippen molar-refractivity contribution in [2.75, 3.05) is 19.0 Å². The molecule has 0 aliphatic rings. The van der Waals surface area contributed by atoms with Gasteiger partial charge in [-0.05, 0) is 49.2 Å². The van der Waals surface area contributed by atoms with E-state index in [-0.39, 0.29) is 18.4 Å². The van der Waals surface area contributed by atoms with Gasteiger partial charge in [0.25, 0.3) is 11.8 Å². The average molecular weight is 312 g/mol. The van der Waals surface area contributed by atoms with Gasteiger partial charge in [0.15, 0.2) is 6.61 Å². The molecule has 5 nitrogen and oxygen atoms in total. The molecule has 23 heavy (non-hydrogen) atoms. The largest absolute Gasteiger partial charge is 0.483 e. The van der Waals surface area contributed by atoms with Crippen molar-refractivity contribution in [2.24, 2.45) is 0 Å². The van der Waals surface area contributed by atoms with Crippen LogP contribution < -0.4 is 15.4 Å². The molecule has 2 aromatic rings. The highest BCUT2D eigenvalue weighted by Crippen LogP contribution is 2.19. The highest BCUT2D eigenvalue weighted by atomic mass is 16.5. The smallest absolute Gasteiger partial charge is 0.262 e. The molecule has 0 spiro atoms. The van der Waals surface area contributed by atoms with Gasteiger partial charge in [0.2, 0.25) is 0 Å². The van der Waals surface area contributed by atoms with E-state index in [1.165, 1.54) is 0 Å². The van der Waals surface area contributed by atoms with Gasteiger partial charge in [0, 0.05) is 18.3 Å². The van der Waals surface area contributed by atoms with Crippen LogP contribution in [-0.2, 0) is 4.79 Å². The topological polar surface area (TPSA) is 67.4 Å². The summed E-state index contributed by atoms with van der Waals surface area (Å²) < 4.78 is 5.56. The van der Waals surface area contributed by atoms with E-state index in [9.17, 15) is 9.59 Å². The number of carbonyl (C=O) groups excluding carboxylic acids is 2. The van der Waals surface area contributed by atoms with Crippen LogP contribution in [0.25, 0.3) is 0 Å². The van der Waals surface area contributed by atoms with Gasteiger partial charge in [-0.25, -0.2) is 0 Å². The number of nitrogens with one attached hydrogen (secondary N) is 2. The minimum absolute atomic E-state index is 0.0888. The number of aryl methyl sites for hydroxylation is 2. The third-order valence-corrected chi connectivity index (χ3v) is 3.34. The maximum Gasteiger partial charge on any atom is 0.262 e. The van der Waals surface area contributed by atoms with Gasteiger partial charge in [-0.15, -0.1) is 0 Å². The first kappa shape index (κ1) is 16.5. The molecule has 5 heteroatoms. The standard InChI is InChI=1S/C18H20N2O3/c1-12-7-8-13(2)16(9-12)23-11-17(21)20-15-6-4-5-14(10-15)18(22)19-3/h4-10H,11H2,1-3H3,(H,19,22)(H,20,21). The summed E-state index contributed by atoms with van der Waals surface area (Å²) in [6.45, 7) is 3.81. The number of benzene rings is 2. The molecular formula is C18H20N2O3. The van der Waals surface area contributed by atoms with Crippen molar-refractivity contribution in [1.29, 1.82) is 0 Å². The van der Waals surface area contributed by atoms with E-state index in [0.717, 1.165) is 11.1 Å². The molecule has 0 unspecified atom stereocenters. The van der Waals surface area contributed by atoms with Crippen LogP contribution in [0.1, 0.15) is 21.5 Å². The summed E-state index contributed by atoms with van der Waals surface area (Å²) in [5.74, 6) is 0.215. The van der Waals surface area contributed by atoms with Gasteiger partial charge in [0.1, 0.15) is 5.75 Å². The van der Waals surface area contributed by atoms with Crippen LogP contribution in [0.3, 0.4) is 0 Å². The Balaban J connectivity index is 1.97. The van der Waals surface area contributed by atoms with Crippen LogP contribution in [0.4, 0.5) is 5.69 Å². The second kappa shape index (κ2) is 7.45. The van der Waals surface area contributed by atoms with Crippen LogP contribution in [0.15, 0.2) is 42.5 Å². The van der Waals surface area contributed by atoms with Crippen molar-refractivity contribution >= 4 is 17.5 Å². The van der Waals surface area contributed by atoms with Crippen molar-refractivity contribution in [2.45, 2.75) is 13.8 Å². The molecule has 0 bridgehead atoms. The van der Waals surface area contributed by atoms with Gasteiger partial charge < -0.3 is 15.4 Å². The van der Waals surface area contributed by atoms with E-state index >= 15 is 0 Å². The van der Waals surface area contributed by atoms with Gasteiger partial charge in [-0.1, -0.05) is 18.2 Å². The van der Waals surface area contributed by atoms with Gasteiger partial charge >= 0.3 is 0 Å². The molecule has 0 radical (unpaired) electrons. The van der Waals surface area contributed by atoms with Crippen LogP contribution >= 0.6 is 0 Å². The zero-order valence-electron chi connectivity index (χ0n) is 13.5. The Bertz CT molecular complexity index is 726. The number of amides is 2. The Morgan fingerprint density at radius 2 is 1.87 bits per heavy atom. The van der Waals surface area contributed by atoms with Crippen LogP contribution in [0, 0.1) is 13.8 Å². The average Bonchev–Trinajstić information content (AvgIpc) is 2.55. The van der Waals surface area contributed by atoms with Gasteiger partial charge in [-0.2, -0.15) is 0 Å². The lowest BCUT2D eigenvalue weighted by molar-refractivity contribution is -0.118. The Morgan fingerprint density at radius 1 is 1.09 bits per heavy atom. The summed E-state index contributed by atoms with van der Waals surface area (Å²) in [4.78, 5) is 23.6. The van der Waals surface area contributed by atoms with Crippen LogP contribution in [-0.4, -0.2) is 25.5 Å². The molecule has 0 heterocycles. The number of carbonyl (C=O) groups is 2. The molecule has 2 amide bonds. The summed E-state index contributed by atoms with van der Waals surface area (Å²) >= 11 is 0. The van der Waals surface area contributed by atoms with E-state index in [1.54, 1.807) is 31.3 Å². The predicted octanol–water partition coefficient (Wildman–Crippen LogP) is 2.68. The maximum absolute atomic E-state index is 12.0. The van der Waals surface area contributed by atoms with E-state index in [2.05, 4.69) is 10.6 Å². The van der Waals surface area contributed by atoms with E-state index < -0.39 is 0 Å². The highest BCUT2D eigenvalue weighted by Gasteiger charge is 2.08. The minimum atomic E-state index is -0.278.